The van der Waals surface area contributed by atoms with Crippen molar-refractivity contribution < 1.29 is 9.84 Å². The fraction of sp³-hybridized carbons (Fsp3) is 0.333. The number of aromatic hydroxyl groups is 1. The van der Waals surface area contributed by atoms with E-state index in [0.717, 1.165) is 12.0 Å². The van der Waals surface area contributed by atoms with Crippen LogP contribution in [0, 0.1) is 4.77 Å². The Morgan fingerprint density at radius 1 is 1.61 bits per heavy atom. The van der Waals surface area contributed by atoms with Gasteiger partial charge in [-0.1, -0.05) is 6.08 Å². The molecule has 0 spiro atoms. The van der Waals surface area contributed by atoms with Gasteiger partial charge in [-0.3, -0.25) is 14.3 Å². The summed E-state index contributed by atoms with van der Waals surface area (Å²) in [4.78, 5) is 14.3. The third-order valence-corrected chi connectivity index (χ3v) is 3.04. The van der Waals surface area contributed by atoms with Crippen LogP contribution in [0.4, 0.5) is 0 Å². The van der Waals surface area contributed by atoms with Gasteiger partial charge in [0.2, 0.25) is 5.88 Å². The topological polar surface area (TPSA) is 67.2 Å². The lowest BCUT2D eigenvalue weighted by atomic mass is 10.1. The molecule has 1 aromatic rings. The van der Waals surface area contributed by atoms with Crippen LogP contribution >= 0.6 is 12.2 Å². The van der Waals surface area contributed by atoms with Crippen LogP contribution in [-0.4, -0.2) is 27.9 Å². The minimum atomic E-state index is -0.391. The highest BCUT2D eigenvalue weighted by Gasteiger charge is 2.13. The monoisotopic (exact) mass is 266 g/mol. The fourth-order valence-corrected chi connectivity index (χ4v) is 2.05. The van der Waals surface area contributed by atoms with E-state index in [0.29, 0.717) is 19.8 Å². The molecule has 96 valence electrons. The van der Waals surface area contributed by atoms with Gasteiger partial charge in [-0.2, -0.15) is 0 Å². The van der Waals surface area contributed by atoms with Gasteiger partial charge in [0.05, 0.1) is 18.8 Å². The number of ether oxygens (including phenoxy) is 1. The van der Waals surface area contributed by atoms with Crippen molar-refractivity contribution >= 4 is 18.3 Å². The minimum Gasteiger partial charge on any atom is -0.494 e. The first-order chi connectivity index (χ1) is 8.63. The van der Waals surface area contributed by atoms with Crippen LogP contribution in [0.5, 0.6) is 5.88 Å². The Morgan fingerprint density at radius 3 is 3.00 bits per heavy atom. The first kappa shape index (κ1) is 12.8. The maximum atomic E-state index is 11.8. The third kappa shape index (κ3) is 2.44. The molecule has 1 saturated heterocycles. The molecular weight excluding hydrogens is 252 g/mol. The quantitative estimate of drug-likeness (QED) is 0.644. The number of aromatic amines is 1. The third-order valence-electron chi connectivity index (χ3n) is 2.72. The molecule has 0 aliphatic carbocycles. The molecule has 0 unspecified atom stereocenters. The Kier molecular flexibility index (Phi) is 3.78. The van der Waals surface area contributed by atoms with E-state index in [1.807, 2.05) is 0 Å². The number of aromatic nitrogens is 2. The maximum Gasteiger partial charge on any atom is 0.262 e. The zero-order valence-corrected chi connectivity index (χ0v) is 10.6. The van der Waals surface area contributed by atoms with Gasteiger partial charge in [0.25, 0.3) is 5.56 Å². The van der Waals surface area contributed by atoms with Gasteiger partial charge in [0.1, 0.15) is 0 Å². The Balaban J connectivity index is 2.56. The van der Waals surface area contributed by atoms with E-state index in [1.165, 1.54) is 4.57 Å². The van der Waals surface area contributed by atoms with Crippen LogP contribution in [0.1, 0.15) is 12.0 Å². The van der Waals surface area contributed by atoms with E-state index < -0.39 is 5.56 Å². The van der Waals surface area contributed by atoms with Crippen molar-refractivity contribution in [1.29, 1.82) is 0 Å². The second-order valence-electron chi connectivity index (χ2n) is 4.00. The summed E-state index contributed by atoms with van der Waals surface area (Å²) in [6, 6.07) is 0. The van der Waals surface area contributed by atoms with Crippen LogP contribution < -0.4 is 5.56 Å². The molecule has 18 heavy (non-hydrogen) atoms. The van der Waals surface area contributed by atoms with Crippen LogP contribution in [-0.2, 0) is 11.3 Å². The number of hydrogen-bond acceptors (Lipinski definition) is 4. The van der Waals surface area contributed by atoms with Crippen molar-refractivity contribution in [2.45, 2.75) is 13.0 Å². The van der Waals surface area contributed by atoms with Crippen LogP contribution in [0.3, 0.4) is 0 Å². The van der Waals surface area contributed by atoms with Crippen molar-refractivity contribution in [3.8, 4) is 5.88 Å². The number of allylic oxidation sites excluding steroid dienone is 1. The van der Waals surface area contributed by atoms with E-state index in [1.54, 1.807) is 12.2 Å². The van der Waals surface area contributed by atoms with Gasteiger partial charge in [-0.15, -0.1) is 6.58 Å². The lowest BCUT2D eigenvalue weighted by molar-refractivity contribution is 0.205. The van der Waals surface area contributed by atoms with Gasteiger partial charge in [0, 0.05) is 6.54 Å². The summed E-state index contributed by atoms with van der Waals surface area (Å²) in [7, 11) is 0. The molecule has 1 aliphatic heterocycles. The maximum absolute atomic E-state index is 11.8. The summed E-state index contributed by atoms with van der Waals surface area (Å²) >= 11 is 4.99. The summed E-state index contributed by atoms with van der Waals surface area (Å²) in [5.41, 5.74) is 0.807. The summed E-state index contributed by atoms with van der Waals surface area (Å²) in [5, 5.41) is 10.1. The smallest absolute Gasteiger partial charge is 0.262 e. The van der Waals surface area contributed by atoms with Gasteiger partial charge < -0.3 is 9.84 Å². The van der Waals surface area contributed by atoms with Crippen molar-refractivity contribution in [2.24, 2.45) is 0 Å². The van der Waals surface area contributed by atoms with Gasteiger partial charge in [-0.05, 0) is 30.3 Å². The van der Waals surface area contributed by atoms with Crippen molar-refractivity contribution in [2.75, 3.05) is 13.2 Å². The molecule has 6 heteroatoms. The van der Waals surface area contributed by atoms with E-state index in [-0.39, 0.29) is 16.2 Å². The van der Waals surface area contributed by atoms with Crippen molar-refractivity contribution in [3.63, 3.8) is 0 Å². The van der Waals surface area contributed by atoms with E-state index in [9.17, 15) is 9.90 Å². The predicted octanol–water partition coefficient (Wildman–Crippen LogP) is 1.60. The molecule has 5 nitrogen and oxygen atoms in total. The summed E-state index contributed by atoms with van der Waals surface area (Å²) in [5.74, 6) is -0.136. The van der Waals surface area contributed by atoms with E-state index >= 15 is 0 Å². The first-order valence-electron chi connectivity index (χ1n) is 5.57. The first-order valence-corrected chi connectivity index (χ1v) is 5.98. The standard InChI is InChI=1S/C12H14N2O3S/c1-2-4-14-11(16)9(10(15)13-12(14)18)6-8-3-5-17-7-8/h2,6,16H,1,3-5,7H2,(H,13,15,18). The number of H-pyrrole nitrogens is 1. The molecule has 0 amide bonds. The zero-order valence-electron chi connectivity index (χ0n) is 9.81. The highest BCUT2D eigenvalue weighted by atomic mass is 32.1. The lowest BCUT2D eigenvalue weighted by Gasteiger charge is -2.09. The Morgan fingerprint density at radius 2 is 2.39 bits per heavy atom. The normalized spacial score (nSPS) is 17.2. The van der Waals surface area contributed by atoms with Gasteiger partial charge in [0.15, 0.2) is 4.77 Å². The van der Waals surface area contributed by atoms with Crippen molar-refractivity contribution in [3.05, 3.63) is 38.9 Å². The lowest BCUT2D eigenvalue weighted by Crippen LogP contribution is -2.16. The average Bonchev–Trinajstić information content (AvgIpc) is 2.83. The summed E-state index contributed by atoms with van der Waals surface area (Å²) in [6.45, 7) is 5.07. The zero-order chi connectivity index (χ0) is 13.1. The molecule has 0 bridgehead atoms. The molecule has 0 atom stereocenters. The SMILES string of the molecule is C=CCn1c(O)c(C=C2CCOC2)c(=O)[nH]c1=S. The Hall–Kier alpha value is -1.66. The van der Waals surface area contributed by atoms with Crippen LogP contribution in [0.2, 0.25) is 0 Å². The molecule has 1 aliphatic rings. The molecule has 0 radical (unpaired) electrons. The number of nitrogens with zero attached hydrogens (tertiary/aromatic N) is 1. The second kappa shape index (κ2) is 5.32. The summed E-state index contributed by atoms with van der Waals surface area (Å²) < 4.78 is 6.81. The predicted molar refractivity (Wildman–Crippen MR) is 71.2 cm³/mol. The van der Waals surface area contributed by atoms with Crippen molar-refractivity contribution in [1.82, 2.24) is 9.55 Å². The summed E-state index contributed by atoms with van der Waals surface area (Å²) in [6.07, 6.45) is 4.04. The average molecular weight is 266 g/mol. The van der Waals surface area contributed by atoms with Crippen LogP contribution in [0.15, 0.2) is 23.0 Å². The minimum absolute atomic E-state index is 0.136. The molecule has 1 aromatic heterocycles. The van der Waals surface area contributed by atoms with Gasteiger partial charge >= 0.3 is 0 Å². The molecule has 2 rings (SSSR count). The second-order valence-corrected chi connectivity index (χ2v) is 4.39. The highest BCUT2D eigenvalue weighted by Crippen LogP contribution is 2.20. The molecule has 1 fully saturated rings. The number of rotatable bonds is 3. The number of nitrogens with one attached hydrogen (secondary N) is 1. The Labute approximate surface area is 109 Å². The molecule has 2 heterocycles. The molecule has 0 saturated carbocycles. The van der Waals surface area contributed by atoms with Crippen LogP contribution in [0.25, 0.3) is 6.08 Å². The molecule has 0 aromatic carbocycles. The van der Waals surface area contributed by atoms with Gasteiger partial charge in [-0.25, -0.2) is 0 Å². The number of hydrogen-bond donors (Lipinski definition) is 2. The van der Waals surface area contributed by atoms with E-state index in [2.05, 4.69) is 11.6 Å². The largest absolute Gasteiger partial charge is 0.494 e. The highest BCUT2D eigenvalue weighted by molar-refractivity contribution is 7.71. The Bertz CT molecular complexity index is 605. The van der Waals surface area contributed by atoms with E-state index in [4.69, 9.17) is 17.0 Å². The molecule has 2 N–H and O–H groups in total. The molecular formula is C12H14N2O3S. The fourth-order valence-electron chi connectivity index (χ4n) is 1.80.